The summed E-state index contributed by atoms with van der Waals surface area (Å²) in [5.41, 5.74) is 3.46. The summed E-state index contributed by atoms with van der Waals surface area (Å²) in [6, 6.07) is 30.0. The van der Waals surface area contributed by atoms with E-state index >= 15 is 4.79 Å². The van der Waals surface area contributed by atoms with Gasteiger partial charge >= 0.3 is 0 Å². The fourth-order valence-corrected chi connectivity index (χ4v) is 10.8. The molecule has 5 aromatic carbocycles. The average Bonchev–Trinajstić information content (AvgIpc) is 3.39. The molecule has 14 nitrogen and oxygen atoms in total. The summed E-state index contributed by atoms with van der Waals surface area (Å²) in [4.78, 5) is 46.8. The predicted molar refractivity (Wildman–Crippen MR) is 281 cm³/mol. The number of carbonyl (C=O) groups is 2. The zero-order valence-electron chi connectivity index (χ0n) is 42.0. The Morgan fingerprint density at radius 3 is 2.38 bits per heavy atom. The van der Waals surface area contributed by atoms with Gasteiger partial charge in [-0.3, -0.25) is 19.7 Å². The van der Waals surface area contributed by atoms with Crippen LogP contribution in [0.5, 0.6) is 23.0 Å². The minimum absolute atomic E-state index is 0.0136. The first kappa shape index (κ1) is 52.2. The second kappa shape index (κ2) is 23.2. The number of methoxy groups -OCH3 is 1. The van der Waals surface area contributed by atoms with Gasteiger partial charge in [-0.15, -0.1) is 6.58 Å². The van der Waals surface area contributed by atoms with Crippen molar-refractivity contribution in [3.05, 3.63) is 166 Å². The molecular formula is C59H65N3O11. The Bertz CT molecular complexity index is 2880. The molecule has 0 spiro atoms. The number of aliphatic hydroxyl groups is 2. The summed E-state index contributed by atoms with van der Waals surface area (Å²) in [5.74, 6) is -1.04. The standard InChI is InChI=1S/C59H65N3O11/c1-6-32-70-59-54(61(37-42-17-13-16-40-14-7-8-18-47(40)42)55(66)29-22-39-20-23-44(24-21-39)62(67)68)36-51(60-73-58(2,3)4)49-34-41(15-9-11-30-63)48(19-10-12-31-64)56(57(49)59)50-35-46(26-28-53(50)72-59)71-45-25-27-52(69-5)43(33-45)38-65/h6-8,13-14,16-18,20-29,33-35,38,41,48,54,56-57,63-64H,1,9-12,15,19,30-32,36-37H2,2-5H3/t41-,48+,54-,56+,57+,59+/m0/s1. The number of nitrogens with zero attached hydrogens (tertiary/aromatic N) is 3. The second-order valence-electron chi connectivity index (χ2n) is 19.9. The molecule has 0 bridgehead atoms. The average molecular weight is 992 g/mol. The first-order valence-electron chi connectivity index (χ1n) is 25.1. The van der Waals surface area contributed by atoms with E-state index in [1.165, 1.54) is 25.3 Å². The Morgan fingerprint density at radius 2 is 1.67 bits per heavy atom. The van der Waals surface area contributed by atoms with Crippen LogP contribution in [0.1, 0.15) is 98.7 Å². The number of unbranched alkanes of at least 4 members (excludes halogenated alkanes) is 2. The largest absolute Gasteiger partial charge is 0.496 e. The van der Waals surface area contributed by atoms with Crippen LogP contribution in [-0.4, -0.2) is 82.3 Å². The number of nitro groups is 1. The lowest BCUT2D eigenvalue weighted by molar-refractivity contribution is -0.384. The predicted octanol–water partition coefficient (Wildman–Crippen LogP) is 11.5. The van der Waals surface area contributed by atoms with E-state index in [4.69, 9.17) is 28.9 Å². The normalized spacial score (nSPS) is 21.6. The van der Waals surface area contributed by atoms with Gasteiger partial charge in [0.2, 0.25) is 11.7 Å². The Balaban J connectivity index is 1.37. The third kappa shape index (κ3) is 11.6. The molecule has 5 aromatic rings. The van der Waals surface area contributed by atoms with Crippen molar-refractivity contribution in [1.82, 2.24) is 4.90 Å². The van der Waals surface area contributed by atoms with Gasteiger partial charge in [0.15, 0.2) is 6.29 Å². The van der Waals surface area contributed by atoms with Crippen LogP contribution in [0, 0.1) is 27.9 Å². The van der Waals surface area contributed by atoms with Gasteiger partial charge in [-0.1, -0.05) is 72.6 Å². The Kier molecular flexibility index (Phi) is 16.6. The fraction of sp³-hybridized carbons (Fsp3) is 0.373. The van der Waals surface area contributed by atoms with E-state index in [1.54, 1.807) is 47.4 Å². The van der Waals surface area contributed by atoms with Gasteiger partial charge in [-0.05, 0) is 140 Å². The third-order valence-corrected chi connectivity index (χ3v) is 14.0. The number of benzene rings is 5. The molecular weight excluding hydrogens is 927 g/mol. The van der Waals surface area contributed by atoms with Crippen LogP contribution in [-0.2, 0) is 20.9 Å². The molecule has 6 atom stereocenters. The molecule has 0 aromatic heterocycles. The van der Waals surface area contributed by atoms with Crippen molar-refractivity contribution in [2.45, 2.75) is 95.6 Å². The number of ether oxygens (including phenoxy) is 4. The number of aldehydes is 1. The third-order valence-electron chi connectivity index (χ3n) is 14.0. The number of carbonyl (C=O) groups excluding carboxylic acids is 2. The first-order chi connectivity index (χ1) is 35.3. The highest BCUT2D eigenvalue weighted by Crippen LogP contribution is 2.62. The van der Waals surface area contributed by atoms with E-state index in [2.05, 4.69) is 12.7 Å². The van der Waals surface area contributed by atoms with Crippen molar-refractivity contribution in [3.8, 4) is 23.0 Å². The lowest BCUT2D eigenvalue weighted by Crippen LogP contribution is -2.70. The molecule has 14 heteroatoms. The lowest BCUT2D eigenvalue weighted by atomic mass is 9.55. The molecule has 1 heterocycles. The van der Waals surface area contributed by atoms with Crippen LogP contribution in [0.25, 0.3) is 16.8 Å². The zero-order chi connectivity index (χ0) is 51.7. The molecule has 0 radical (unpaired) electrons. The number of hydrogen-bond donors (Lipinski definition) is 2. The van der Waals surface area contributed by atoms with E-state index in [9.17, 15) is 25.1 Å². The van der Waals surface area contributed by atoms with Crippen molar-refractivity contribution in [1.29, 1.82) is 0 Å². The molecule has 8 rings (SSSR count). The highest BCUT2D eigenvalue weighted by atomic mass is 16.7. The molecule has 2 N–H and O–H groups in total. The molecule has 1 amide bonds. The summed E-state index contributed by atoms with van der Waals surface area (Å²) >= 11 is 0. The molecule has 1 saturated carbocycles. The van der Waals surface area contributed by atoms with E-state index in [1.807, 2.05) is 81.4 Å². The minimum atomic E-state index is -1.57. The van der Waals surface area contributed by atoms with Crippen LogP contribution in [0.15, 0.2) is 139 Å². The van der Waals surface area contributed by atoms with Crippen LogP contribution in [0.2, 0.25) is 0 Å². The zero-order valence-corrected chi connectivity index (χ0v) is 42.0. The van der Waals surface area contributed by atoms with Crippen molar-refractivity contribution in [3.63, 3.8) is 0 Å². The van der Waals surface area contributed by atoms with Gasteiger partial charge in [0.1, 0.15) is 34.6 Å². The quantitative estimate of drug-likeness (QED) is 0.0168. The summed E-state index contributed by atoms with van der Waals surface area (Å²) in [6.45, 7) is 10.2. The SMILES string of the molecule is C=CCO[C@@]12Oc3ccc(Oc4ccc(OC)c(C=O)c4)cc3[C@H]3[C@H](CCCCO)[C@@H](CCCCO)C=C(C(=NOC(C)(C)C)C[C@@H]1N(Cc1cccc4ccccc14)C(=O)C=Cc1ccc([N+](=O)[O-])cc1)[C@H]32. The van der Waals surface area contributed by atoms with Gasteiger partial charge < -0.3 is 38.9 Å². The monoisotopic (exact) mass is 991 g/mol. The summed E-state index contributed by atoms with van der Waals surface area (Å²) in [5, 5.41) is 38.7. The molecule has 73 heavy (non-hydrogen) atoms. The number of nitro benzene ring substituents is 1. The number of amides is 1. The summed E-state index contributed by atoms with van der Waals surface area (Å²) in [6.07, 6.45) is 12.2. The maximum Gasteiger partial charge on any atom is 0.269 e. The summed E-state index contributed by atoms with van der Waals surface area (Å²) in [7, 11) is 1.50. The Hall–Kier alpha value is -7.13. The topological polar surface area (TPSA) is 179 Å². The Labute approximate surface area is 426 Å². The van der Waals surface area contributed by atoms with Crippen LogP contribution < -0.4 is 14.2 Å². The van der Waals surface area contributed by atoms with Gasteiger partial charge in [-0.2, -0.15) is 0 Å². The molecule has 2 aliphatic carbocycles. The van der Waals surface area contributed by atoms with Crippen LogP contribution in [0.3, 0.4) is 0 Å². The summed E-state index contributed by atoms with van der Waals surface area (Å²) < 4.78 is 26.7. The fourth-order valence-electron chi connectivity index (χ4n) is 10.8. The molecule has 0 saturated heterocycles. The number of non-ortho nitro benzene ring substituents is 1. The molecule has 1 aliphatic heterocycles. The van der Waals surface area contributed by atoms with E-state index in [0.29, 0.717) is 52.7 Å². The van der Waals surface area contributed by atoms with Gasteiger partial charge in [-0.25, -0.2) is 0 Å². The molecule has 1 fully saturated rings. The van der Waals surface area contributed by atoms with Gasteiger partial charge in [0.25, 0.3) is 5.69 Å². The van der Waals surface area contributed by atoms with E-state index in [-0.39, 0.29) is 62.1 Å². The highest BCUT2D eigenvalue weighted by molar-refractivity contribution is 6.03. The number of fused-ring (bicyclic) bond motifs is 3. The number of oxime groups is 1. The molecule has 3 aliphatic rings. The van der Waals surface area contributed by atoms with Crippen molar-refractivity contribution in [2.75, 3.05) is 26.9 Å². The van der Waals surface area contributed by atoms with Crippen molar-refractivity contribution < 1.29 is 48.5 Å². The number of hydrogen-bond acceptors (Lipinski definition) is 12. The number of aliphatic hydroxyl groups excluding tert-OH is 2. The van der Waals surface area contributed by atoms with E-state index < -0.39 is 28.3 Å². The minimum Gasteiger partial charge on any atom is -0.496 e. The maximum absolute atomic E-state index is 15.5. The number of allylic oxidation sites excluding steroid dienone is 1. The maximum atomic E-state index is 15.5. The number of rotatable bonds is 22. The van der Waals surface area contributed by atoms with Crippen molar-refractivity contribution in [2.24, 2.45) is 22.9 Å². The van der Waals surface area contributed by atoms with Gasteiger partial charge in [0.05, 0.1) is 35.8 Å². The first-order valence-corrected chi connectivity index (χ1v) is 25.1. The molecule has 0 unspecified atom stereocenters. The van der Waals surface area contributed by atoms with Crippen molar-refractivity contribution >= 4 is 40.4 Å². The smallest absolute Gasteiger partial charge is 0.269 e. The van der Waals surface area contributed by atoms with Gasteiger partial charge in [0, 0.05) is 55.9 Å². The lowest BCUT2D eigenvalue weighted by Gasteiger charge is -2.60. The highest BCUT2D eigenvalue weighted by Gasteiger charge is 2.65. The molecule has 382 valence electrons. The van der Waals surface area contributed by atoms with Crippen LogP contribution in [0.4, 0.5) is 5.69 Å². The Morgan fingerprint density at radius 1 is 0.945 bits per heavy atom. The van der Waals surface area contributed by atoms with Crippen LogP contribution >= 0.6 is 0 Å². The second-order valence-corrected chi connectivity index (χ2v) is 19.9. The van der Waals surface area contributed by atoms with E-state index in [0.717, 1.165) is 59.4 Å².